The zero-order chi connectivity index (χ0) is 13.1. The monoisotopic (exact) mass is 281 g/mol. The molecule has 0 spiro atoms. The number of anilines is 1. The summed E-state index contributed by atoms with van der Waals surface area (Å²) in [4.78, 5) is 13.3. The molecule has 18 heavy (non-hydrogen) atoms. The van der Waals surface area contributed by atoms with Gasteiger partial charge in [0, 0.05) is 11.9 Å². The van der Waals surface area contributed by atoms with E-state index >= 15 is 0 Å². The number of rotatable bonds is 4. The van der Waals surface area contributed by atoms with Crippen molar-refractivity contribution >= 4 is 33.8 Å². The summed E-state index contributed by atoms with van der Waals surface area (Å²) in [5.74, 6) is -0.0709. The molecule has 2 N–H and O–H groups in total. The summed E-state index contributed by atoms with van der Waals surface area (Å²) in [5.41, 5.74) is 2.63. The standard InChI is InChI=1S/C12H15N3OS2/c1-7-4-5-17-9(7)6-14-11(16)10-8(2)15-18-12(10)13-3/h4-5,13H,6H2,1-3H3,(H,14,16). The summed E-state index contributed by atoms with van der Waals surface area (Å²) < 4.78 is 4.19. The molecule has 0 aromatic carbocycles. The Kier molecular flexibility index (Phi) is 3.98. The van der Waals surface area contributed by atoms with Crippen LogP contribution in [0.1, 0.15) is 26.5 Å². The third-order valence-electron chi connectivity index (χ3n) is 2.69. The van der Waals surface area contributed by atoms with Gasteiger partial charge in [0.25, 0.3) is 5.91 Å². The number of carbonyl (C=O) groups is 1. The smallest absolute Gasteiger partial charge is 0.256 e. The number of aromatic nitrogens is 1. The van der Waals surface area contributed by atoms with E-state index in [9.17, 15) is 4.79 Å². The third-order valence-corrected chi connectivity index (χ3v) is 4.67. The predicted octanol–water partition coefficient (Wildman–Crippen LogP) is 2.79. The van der Waals surface area contributed by atoms with Crippen molar-refractivity contribution in [1.29, 1.82) is 0 Å². The van der Waals surface area contributed by atoms with Gasteiger partial charge in [-0.1, -0.05) is 0 Å². The normalized spacial score (nSPS) is 10.4. The Morgan fingerprint density at radius 3 is 2.83 bits per heavy atom. The Labute approximate surface area is 114 Å². The van der Waals surface area contributed by atoms with Crippen molar-refractivity contribution in [3.8, 4) is 0 Å². The van der Waals surface area contributed by atoms with Crippen molar-refractivity contribution in [2.24, 2.45) is 0 Å². The van der Waals surface area contributed by atoms with Crippen LogP contribution in [0.25, 0.3) is 0 Å². The van der Waals surface area contributed by atoms with E-state index in [1.807, 2.05) is 12.3 Å². The number of amides is 1. The number of nitrogens with one attached hydrogen (secondary N) is 2. The molecule has 96 valence electrons. The summed E-state index contributed by atoms with van der Waals surface area (Å²) in [7, 11) is 1.80. The van der Waals surface area contributed by atoms with Crippen molar-refractivity contribution in [2.75, 3.05) is 12.4 Å². The molecule has 2 aromatic heterocycles. The van der Waals surface area contributed by atoms with Crippen LogP contribution in [0.5, 0.6) is 0 Å². The summed E-state index contributed by atoms with van der Waals surface area (Å²) in [6, 6.07) is 2.06. The van der Waals surface area contributed by atoms with E-state index in [1.165, 1.54) is 22.0 Å². The van der Waals surface area contributed by atoms with Crippen molar-refractivity contribution in [3.05, 3.63) is 33.1 Å². The first-order valence-electron chi connectivity index (χ1n) is 5.58. The van der Waals surface area contributed by atoms with Gasteiger partial charge in [0.2, 0.25) is 0 Å². The Hall–Kier alpha value is -1.40. The van der Waals surface area contributed by atoms with Gasteiger partial charge in [0.15, 0.2) is 0 Å². The summed E-state index contributed by atoms with van der Waals surface area (Å²) in [6.45, 7) is 4.47. The fraction of sp³-hybridized carbons (Fsp3) is 0.333. The van der Waals surface area contributed by atoms with Crippen molar-refractivity contribution in [3.63, 3.8) is 0 Å². The van der Waals surface area contributed by atoms with Crippen LogP contribution < -0.4 is 10.6 Å². The lowest BCUT2D eigenvalue weighted by molar-refractivity contribution is 0.0951. The molecule has 0 unspecified atom stereocenters. The van der Waals surface area contributed by atoms with Crippen LogP contribution in [0.3, 0.4) is 0 Å². The van der Waals surface area contributed by atoms with Gasteiger partial charge in [-0.25, -0.2) is 0 Å². The lowest BCUT2D eigenvalue weighted by atomic mass is 10.2. The lowest BCUT2D eigenvalue weighted by Crippen LogP contribution is -2.23. The maximum absolute atomic E-state index is 12.1. The Bertz CT molecular complexity index is 559. The number of aryl methyl sites for hydroxylation is 2. The summed E-state index contributed by atoms with van der Waals surface area (Å²) in [5, 5.41) is 8.79. The first-order valence-corrected chi connectivity index (χ1v) is 7.24. The lowest BCUT2D eigenvalue weighted by Gasteiger charge is -2.06. The first kappa shape index (κ1) is 13.0. The molecule has 0 fully saturated rings. The minimum Gasteiger partial charge on any atom is -0.378 e. The molecule has 0 aliphatic rings. The van der Waals surface area contributed by atoms with Crippen LogP contribution in [0, 0.1) is 13.8 Å². The molecule has 1 amide bonds. The molecular weight excluding hydrogens is 266 g/mol. The zero-order valence-electron chi connectivity index (χ0n) is 10.5. The fourth-order valence-electron chi connectivity index (χ4n) is 1.64. The predicted molar refractivity (Wildman–Crippen MR) is 76.6 cm³/mol. The largest absolute Gasteiger partial charge is 0.378 e. The summed E-state index contributed by atoms with van der Waals surface area (Å²) in [6.07, 6.45) is 0. The Morgan fingerprint density at radius 1 is 1.44 bits per heavy atom. The molecule has 0 saturated heterocycles. The number of thiophene rings is 1. The van der Waals surface area contributed by atoms with E-state index in [4.69, 9.17) is 0 Å². The van der Waals surface area contributed by atoms with Crippen molar-refractivity contribution in [1.82, 2.24) is 9.69 Å². The molecule has 0 saturated carbocycles. The van der Waals surface area contributed by atoms with Crippen LogP contribution in [-0.4, -0.2) is 17.3 Å². The van der Waals surface area contributed by atoms with Gasteiger partial charge in [0.05, 0.1) is 17.8 Å². The highest BCUT2D eigenvalue weighted by atomic mass is 32.1. The van der Waals surface area contributed by atoms with Gasteiger partial charge in [0.1, 0.15) is 5.00 Å². The highest BCUT2D eigenvalue weighted by Gasteiger charge is 2.17. The average Bonchev–Trinajstić information content (AvgIpc) is 2.92. The van der Waals surface area contributed by atoms with E-state index in [0.717, 1.165) is 10.7 Å². The average molecular weight is 281 g/mol. The number of carbonyl (C=O) groups excluding carboxylic acids is 1. The van der Waals surface area contributed by atoms with Gasteiger partial charge in [-0.2, -0.15) is 4.37 Å². The molecule has 0 radical (unpaired) electrons. The fourth-order valence-corrected chi connectivity index (χ4v) is 3.23. The van der Waals surface area contributed by atoms with E-state index in [2.05, 4.69) is 28.0 Å². The second-order valence-corrected chi connectivity index (χ2v) is 5.71. The first-order chi connectivity index (χ1) is 8.63. The van der Waals surface area contributed by atoms with E-state index in [-0.39, 0.29) is 5.91 Å². The molecule has 0 atom stereocenters. The van der Waals surface area contributed by atoms with Crippen LogP contribution in [0.2, 0.25) is 0 Å². The quantitative estimate of drug-likeness (QED) is 0.906. The zero-order valence-corrected chi connectivity index (χ0v) is 12.2. The maximum Gasteiger partial charge on any atom is 0.256 e. The van der Waals surface area contributed by atoms with Gasteiger partial charge in [-0.05, 0) is 42.4 Å². The minimum absolute atomic E-state index is 0.0709. The number of hydrogen-bond donors (Lipinski definition) is 2. The number of nitrogens with zero attached hydrogens (tertiary/aromatic N) is 1. The second-order valence-electron chi connectivity index (χ2n) is 3.93. The molecular formula is C12H15N3OS2. The Morgan fingerprint density at radius 2 is 2.22 bits per heavy atom. The van der Waals surface area contributed by atoms with Crippen LogP contribution in [-0.2, 0) is 6.54 Å². The molecule has 2 rings (SSSR count). The highest BCUT2D eigenvalue weighted by molar-refractivity contribution is 7.10. The highest BCUT2D eigenvalue weighted by Crippen LogP contribution is 2.24. The molecule has 0 aliphatic heterocycles. The summed E-state index contributed by atoms with van der Waals surface area (Å²) >= 11 is 2.97. The van der Waals surface area contributed by atoms with E-state index in [0.29, 0.717) is 12.1 Å². The molecule has 0 aliphatic carbocycles. The molecule has 4 nitrogen and oxygen atoms in total. The van der Waals surface area contributed by atoms with E-state index in [1.54, 1.807) is 18.4 Å². The van der Waals surface area contributed by atoms with Gasteiger partial charge >= 0.3 is 0 Å². The van der Waals surface area contributed by atoms with Crippen LogP contribution in [0.4, 0.5) is 5.00 Å². The molecule has 2 aromatic rings. The minimum atomic E-state index is -0.0709. The number of hydrogen-bond acceptors (Lipinski definition) is 5. The SMILES string of the molecule is CNc1snc(C)c1C(=O)NCc1sccc1C. The van der Waals surface area contributed by atoms with Crippen LogP contribution >= 0.6 is 22.9 Å². The van der Waals surface area contributed by atoms with Gasteiger partial charge in [-0.15, -0.1) is 11.3 Å². The molecule has 0 bridgehead atoms. The van der Waals surface area contributed by atoms with Crippen molar-refractivity contribution < 1.29 is 4.79 Å². The second kappa shape index (κ2) is 5.49. The third kappa shape index (κ3) is 2.54. The van der Waals surface area contributed by atoms with Gasteiger partial charge < -0.3 is 10.6 Å². The van der Waals surface area contributed by atoms with Gasteiger partial charge in [-0.3, -0.25) is 4.79 Å². The van der Waals surface area contributed by atoms with E-state index < -0.39 is 0 Å². The molecule has 2 heterocycles. The maximum atomic E-state index is 12.1. The van der Waals surface area contributed by atoms with Crippen LogP contribution in [0.15, 0.2) is 11.4 Å². The van der Waals surface area contributed by atoms with Crippen molar-refractivity contribution in [2.45, 2.75) is 20.4 Å². The molecule has 6 heteroatoms. The topological polar surface area (TPSA) is 54.0 Å². The Balaban J connectivity index is 2.08.